The van der Waals surface area contributed by atoms with Crippen molar-refractivity contribution in [2.75, 3.05) is 19.5 Å². The van der Waals surface area contributed by atoms with Crippen LogP contribution in [0.4, 0.5) is 5.69 Å². The maximum atomic E-state index is 12.4. The number of hydrogen-bond donors (Lipinski definition) is 1. The molecule has 1 amide bonds. The lowest BCUT2D eigenvalue weighted by Crippen LogP contribution is -2.13. The van der Waals surface area contributed by atoms with Gasteiger partial charge in [-0.15, -0.1) is 0 Å². The van der Waals surface area contributed by atoms with E-state index >= 15 is 0 Å². The van der Waals surface area contributed by atoms with Gasteiger partial charge in [0.1, 0.15) is 11.6 Å². The molecule has 2 aromatic rings. The Hall–Kier alpha value is -1.95. The molecule has 0 spiro atoms. The fourth-order valence-electron chi connectivity index (χ4n) is 2.11. The minimum atomic E-state index is -0.560. The van der Waals surface area contributed by atoms with Crippen molar-refractivity contribution in [3.8, 4) is 17.6 Å². The molecule has 0 fully saturated rings. The van der Waals surface area contributed by atoms with Gasteiger partial charge in [-0.2, -0.15) is 5.26 Å². The number of nitrogens with one attached hydrogen (secondary N) is 1. The van der Waals surface area contributed by atoms with Gasteiger partial charge in [-0.1, -0.05) is 23.2 Å². The lowest BCUT2D eigenvalue weighted by molar-refractivity contribution is -0.112. The second-order valence-corrected chi connectivity index (χ2v) is 6.97. The zero-order chi connectivity index (χ0) is 19.3. The Morgan fingerprint density at radius 2 is 1.92 bits per heavy atom. The highest BCUT2D eigenvalue weighted by Crippen LogP contribution is 2.34. The number of nitrogens with zero attached hydrogens (tertiary/aromatic N) is 1. The summed E-state index contributed by atoms with van der Waals surface area (Å²) in [5.74, 6) is 0.535. The summed E-state index contributed by atoms with van der Waals surface area (Å²) in [6, 6.07) is 10.0. The van der Waals surface area contributed by atoms with E-state index in [1.165, 1.54) is 19.3 Å². The van der Waals surface area contributed by atoms with E-state index in [2.05, 4.69) is 27.9 Å². The van der Waals surface area contributed by atoms with Crippen molar-refractivity contribution in [2.24, 2.45) is 0 Å². The van der Waals surface area contributed by atoms with E-state index in [-0.39, 0.29) is 5.57 Å². The van der Waals surface area contributed by atoms with Crippen molar-refractivity contribution in [3.05, 3.63) is 55.1 Å². The summed E-state index contributed by atoms with van der Waals surface area (Å²) in [5.41, 5.74) is 0.999. The third kappa shape index (κ3) is 4.81. The van der Waals surface area contributed by atoms with Crippen molar-refractivity contribution in [3.63, 3.8) is 0 Å². The molecule has 0 saturated carbocycles. The Bertz CT molecular complexity index is 923. The van der Waals surface area contributed by atoms with Crippen LogP contribution in [0.25, 0.3) is 6.08 Å². The van der Waals surface area contributed by atoms with E-state index in [4.69, 9.17) is 32.7 Å². The number of carbonyl (C=O) groups excluding carboxylic acids is 1. The molecule has 0 aliphatic heterocycles. The molecule has 0 aliphatic carbocycles. The molecular formula is C18H13Cl2IN2O3. The van der Waals surface area contributed by atoms with E-state index in [0.29, 0.717) is 32.8 Å². The topological polar surface area (TPSA) is 71.3 Å². The maximum Gasteiger partial charge on any atom is 0.266 e. The Balaban J connectivity index is 2.32. The summed E-state index contributed by atoms with van der Waals surface area (Å²) < 4.78 is 11.4. The molecule has 0 radical (unpaired) electrons. The quantitative estimate of drug-likeness (QED) is 0.348. The third-order valence-corrected chi connectivity index (χ3v) is 4.85. The highest BCUT2D eigenvalue weighted by molar-refractivity contribution is 14.1. The Morgan fingerprint density at radius 1 is 1.19 bits per heavy atom. The number of methoxy groups -OCH3 is 2. The minimum absolute atomic E-state index is 0.0703. The van der Waals surface area contributed by atoms with Crippen molar-refractivity contribution < 1.29 is 14.3 Å². The van der Waals surface area contributed by atoms with Gasteiger partial charge in [-0.25, -0.2) is 0 Å². The SMILES string of the molecule is COc1cc(/C=C(/C#N)C(=O)Nc2ccc(Cl)c(Cl)c2)cc(I)c1OC. The van der Waals surface area contributed by atoms with Gasteiger partial charge in [0.2, 0.25) is 0 Å². The van der Waals surface area contributed by atoms with Crippen molar-refractivity contribution in [1.29, 1.82) is 5.26 Å². The molecule has 2 rings (SSSR count). The molecule has 8 heteroatoms. The van der Waals surface area contributed by atoms with Crippen LogP contribution in [0, 0.1) is 14.9 Å². The molecule has 0 atom stereocenters. The molecule has 26 heavy (non-hydrogen) atoms. The molecule has 1 N–H and O–H groups in total. The zero-order valence-corrected chi connectivity index (χ0v) is 17.4. The van der Waals surface area contributed by atoms with Crippen LogP contribution in [-0.4, -0.2) is 20.1 Å². The van der Waals surface area contributed by atoms with Gasteiger partial charge in [0.05, 0.1) is 27.8 Å². The maximum absolute atomic E-state index is 12.4. The molecule has 134 valence electrons. The Morgan fingerprint density at radius 3 is 2.50 bits per heavy atom. The molecule has 0 aliphatic rings. The van der Waals surface area contributed by atoms with Gasteiger partial charge in [0, 0.05) is 5.69 Å². The Kier molecular flexibility index (Phi) is 7.14. The highest BCUT2D eigenvalue weighted by Gasteiger charge is 2.13. The average molecular weight is 503 g/mol. The van der Waals surface area contributed by atoms with Crippen LogP contribution in [0.2, 0.25) is 10.0 Å². The number of carbonyl (C=O) groups is 1. The third-order valence-electron chi connectivity index (χ3n) is 3.31. The molecule has 5 nitrogen and oxygen atoms in total. The standard InChI is InChI=1S/C18H13Cl2IN2O3/c1-25-16-7-10(6-15(21)17(16)26-2)5-11(9-22)18(24)23-12-3-4-13(19)14(20)8-12/h3-8H,1-2H3,(H,23,24)/b11-5-. The first-order valence-electron chi connectivity index (χ1n) is 7.19. The van der Waals surface area contributed by atoms with Gasteiger partial charge < -0.3 is 14.8 Å². The van der Waals surface area contributed by atoms with Gasteiger partial charge in [0.15, 0.2) is 11.5 Å². The van der Waals surface area contributed by atoms with Gasteiger partial charge in [0.25, 0.3) is 5.91 Å². The molecular weight excluding hydrogens is 490 g/mol. The number of nitriles is 1. The van der Waals surface area contributed by atoms with Crippen LogP contribution in [0.1, 0.15) is 5.56 Å². The molecule has 0 heterocycles. The summed E-state index contributed by atoms with van der Waals surface area (Å²) >= 11 is 13.9. The van der Waals surface area contributed by atoms with Crippen molar-refractivity contribution >= 4 is 63.5 Å². The van der Waals surface area contributed by atoms with Crippen molar-refractivity contribution in [2.45, 2.75) is 0 Å². The number of rotatable bonds is 5. The minimum Gasteiger partial charge on any atom is -0.493 e. The molecule has 0 bridgehead atoms. The smallest absolute Gasteiger partial charge is 0.266 e. The molecule has 0 saturated heterocycles. The number of halogens is 3. The first-order valence-corrected chi connectivity index (χ1v) is 9.02. The predicted molar refractivity (Wildman–Crippen MR) is 111 cm³/mol. The number of hydrogen-bond acceptors (Lipinski definition) is 4. The van der Waals surface area contributed by atoms with Crippen LogP contribution >= 0.6 is 45.8 Å². The summed E-state index contributed by atoms with van der Waals surface area (Å²) in [6.07, 6.45) is 1.47. The monoisotopic (exact) mass is 502 g/mol. The van der Waals surface area contributed by atoms with Gasteiger partial charge in [-0.05, 0) is 64.6 Å². The van der Waals surface area contributed by atoms with E-state index in [1.54, 1.807) is 31.4 Å². The molecule has 0 unspecified atom stereocenters. The summed E-state index contributed by atoms with van der Waals surface area (Å²) in [7, 11) is 3.06. The number of benzene rings is 2. The fraction of sp³-hybridized carbons (Fsp3) is 0.111. The largest absolute Gasteiger partial charge is 0.493 e. The molecule has 2 aromatic carbocycles. The zero-order valence-electron chi connectivity index (χ0n) is 13.8. The lowest BCUT2D eigenvalue weighted by Gasteiger charge is -2.11. The summed E-state index contributed by atoms with van der Waals surface area (Å²) in [6.45, 7) is 0. The normalized spacial score (nSPS) is 10.8. The van der Waals surface area contributed by atoms with Gasteiger partial charge in [-0.3, -0.25) is 4.79 Å². The number of anilines is 1. The van der Waals surface area contributed by atoms with Crippen LogP contribution in [0.5, 0.6) is 11.5 Å². The van der Waals surface area contributed by atoms with Crippen LogP contribution in [-0.2, 0) is 4.79 Å². The molecule has 0 aromatic heterocycles. The van der Waals surface area contributed by atoms with Crippen LogP contribution < -0.4 is 14.8 Å². The summed E-state index contributed by atoms with van der Waals surface area (Å²) in [5, 5.41) is 12.6. The van der Waals surface area contributed by atoms with Crippen molar-refractivity contribution in [1.82, 2.24) is 0 Å². The van der Waals surface area contributed by atoms with E-state index in [9.17, 15) is 10.1 Å². The van der Waals surface area contributed by atoms with Crippen LogP contribution in [0.15, 0.2) is 35.9 Å². The highest BCUT2D eigenvalue weighted by atomic mass is 127. The first-order chi connectivity index (χ1) is 12.4. The van der Waals surface area contributed by atoms with Crippen LogP contribution in [0.3, 0.4) is 0 Å². The van der Waals surface area contributed by atoms with E-state index < -0.39 is 5.91 Å². The average Bonchev–Trinajstić information content (AvgIpc) is 2.62. The van der Waals surface area contributed by atoms with E-state index in [1.807, 2.05) is 6.07 Å². The number of ether oxygens (including phenoxy) is 2. The second kappa shape index (κ2) is 9.12. The predicted octanol–water partition coefficient (Wildman–Crippen LogP) is 5.16. The first kappa shape index (κ1) is 20.4. The second-order valence-electron chi connectivity index (χ2n) is 4.99. The van der Waals surface area contributed by atoms with E-state index in [0.717, 1.165) is 3.57 Å². The summed E-state index contributed by atoms with van der Waals surface area (Å²) in [4.78, 5) is 12.4. The number of amides is 1. The lowest BCUT2D eigenvalue weighted by atomic mass is 10.1. The fourth-order valence-corrected chi connectivity index (χ4v) is 3.25. The Labute approximate surface area is 174 Å². The van der Waals surface area contributed by atoms with Gasteiger partial charge >= 0.3 is 0 Å².